The lowest BCUT2D eigenvalue weighted by Crippen LogP contribution is -2.09. The van der Waals surface area contributed by atoms with Crippen LogP contribution < -0.4 is 0 Å². The van der Waals surface area contributed by atoms with Crippen molar-refractivity contribution in [1.82, 2.24) is 0 Å². The summed E-state index contributed by atoms with van der Waals surface area (Å²) in [6.07, 6.45) is 5.76. The first kappa shape index (κ1) is 23.3. The first-order valence-electron chi connectivity index (χ1n) is 11.6. The van der Waals surface area contributed by atoms with E-state index in [4.69, 9.17) is 0 Å². The summed E-state index contributed by atoms with van der Waals surface area (Å²) < 4.78 is 58.1. The molecular weight excluding hydrogens is 424 g/mol. The summed E-state index contributed by atoms with van der Waals surface area (Å²) >= 11 is 0. The summed E-state index contributed by atoms with van der Waals surface area (Å²) in [4.78, 5) is 0. The van der Waals surface area contributed by atoms with Crippen molar-refractivity contribution >= 4 is 5.57 Å². The lowest BCUT2D eigenvalue weighted by atomic mass is 9.83. The predicted molar refractivity (Wildman–Crippen MR) is 126 cm³/mol. The maximum Gasteiger partial charge on any atom is 0.166 e. The average molecular weight is 453 g/mol. The van der Waals surface area contributed by atoms with Crippen molar-refractivity contribution in [3.63, 3.8) is 0 Å². The highest BCUT2D eigenvalue weighted by atomic mass is 19.2. The zero-order chi connectivity index (χ0) is 23.5. The van der Waals surface area contributed by atoms with E-state index < -0.39 is 23.3 Å². The average Bonchev–Trinajstić information content (AvgIpc) is 2.83. The van der Waals surface area contributed by atoms with Crippen LogP contribution in [0.2, 0.25) is 0 Å². The standard InChI is InChI=1S/C29H28F4/c1-3-20-14-16-24(28(32)26(20)30)22-11-6-19(7-12-22)8-13-23-15-17-25(29(33)27(23)31)21-9-4-18(2)5-10-21/h4-5,9-11,14-17,19H,3,6-8,12-13H2,1-2H3. The Bertz CT molecular complexity index is 1180. The molecule has 4 heteroatoms. The van der Waals surface area contributed by atoms with Gasteiger partial charge in [0.1, 0.15) is 0 Å². The van der Waals surface area contributed by atoms with E-state index in [1.807, 2.05) is 25.1 Å². The van der Waals surface area contributed by atoms with Gasteiger partial charge in [-0.2, -0.15) is 0 Å². The van der Waals surface area contributed by atoms with Gasteiger partial charge in [-0.1, -0.05) is 67.1 Å². The SMILES string of the molecule is CCc1ccc(C2=CCC(CCc3ccc(-c4ccc(C)cc4)c(F)c3F)CC2)c(F)c1F. The van der Waals surface area contributed by atoms with Crippen LogP contribution in [0.5, 0.6) is 0 Å². The van der Waals surface area contributed by atoms with E-state index in [9.17, 15) is 17.6 Å². The zero-order valence-corrected chi connectivity index (χ0v) is 19.0. The number of aryl methyl sites for hydroxylation is 3. The van der Waals surface area contributed by atoms with Gasteiger partial charge in [-0.15, -0.1) is 0 Å². The highest BCUT2D eigenvalue weighted by Gasteiger charge is 2.21. The third kappa shape index (κ3) is 4.90. The molecule has 3 aromatic rings. The van der Waals surface area contributed by atoms with Gasteiger partial charge < -0.3 is 0 Å². The van der Waals surface area contributed by atoms with Gasteiger partial charge in [0.2, 0.25) is 0 Å². The fraction of sp³-hybridized carbons (Fsp3) is 0.310. The summed E-state index contributed by atoms with van der Waals surface area (Å²) in [6, 6.07) is 14.0. The lowest BCUT2D eigenvalue weighted by molar-refractivity contribution is 0.438. The van der Waals surface area contributed by atoms with Crippen molar-refractivity contribution in [2.24, 2.45) is 5.92 Å². The quantitative estimate of drug-likeness (QED) is 0.329. The second-order valence-electron chi connectivity index (χ2n) is 8.93. The minimum absolute atomic E-state index is 0.268. The summed E-state index contributed by atoms with van der Waals surface area (Å²) in [6.45, 7) is 3.75. The van der Waals surface area contributed by atoms with Gasteiger partial charge in [0.05, 0.1) is 0 Å². The molecule has 4 rings (SSSR count). The molecule has 0 heterocycles. The van der Waals surface area contributed by atoms with Crippen LogP contribution in [-0.2, 0) is 12.8 Å². The molecule has 33 heavy (non-hydrogen) atoms. The monoisotopic (exact) mass is 452 g/mol. The van der Waals surface area contributed by atoms with Crippen LogP contribution in [0.3, 0.4) is 0 Å². The van der Waals surface area contributed by atoms with E-state index in [0.717, 1.165) is 30.4 Å². The lowest BCUT2D eigenvalue weighted by Gasteiger charge is -2.23. The molecule has 0 fully saturated rings. The maximum absolute atomic E-state index is 14.7. The molecule has 0 amide bonds. The van der Waals surface area contributed by atoms with Crippen molar-refractivity contribution in [3.8, 4) is 11.1 Å². The molecule has 1 atom stereocenters. The Labute approximate surface area is 193 Å². The number of hydrogen-bond acceptors (Lipinski definition) is 0. The van der Waals surface area contributed by atoms with Crippen LogP contribution in [0.15, 0.2) is 54.6 Å². The van der Waals surface area contributed by atoms with Crippen molar-refractivity contribution < 1.29 is 17.6 Å². The van der Waals surface area contributed by atoms with Crippen LogP contribution in [0, 0.1) is 36.1 Å². The Hall–Kier alpha value is -2.88. The number of hydrogen-bond donors (Lipinski definition) is 0. The largest absolute Gasteiger partial charge is 0.203 e. The molecule has 172 valence electrons. The van der Waals surface area contributed by atoms with Gasteiger partial charge in [-0.3, -0.25) is 0 Å². The van der Waals surface area contributed by atoms with Gasteiger partial charge in [0.25, 0.3) is 0 Å². The number of allylic oxidation sites excluding steroid dienone is 2. The van der Waals surface area contributed by atoms with Gasteiger partial charge in [0, 0.05) is 11.1 Å². The topological polar surface area (TPSA) is 0 Å². The van der Waals surface area contributed by atoms with Gasteiger partial charge >= 0.3 is 0 Å². The number of benzene rings is 3. The molecule has 0 aromatic heterocycles. The van der Waals surface area contributed by atoms with Gasteiger partial charge in [0.15, 0.2) is 23.3 Å². The molecule has 0 aliphatic heterocycles. The molecule has 3 aromatic carbocycles. The third-order valence-electron chi connectivity index (χ3n) is 6.76. The van der Waals surface area contributed by atoms with Crippen LogP contribution in [-0.4, -0.2) is 0 Å². The third-order valence-corrected chi connectivity index (χ3v) is 6.76. The normalized spacial score (nSPS) is 16.1. The minimum Gasteiger partial charge on any atom is -0.203 e. The Balaban J connectivity index is 1.42. The summed E-state index contributed by atoms with van der Waals surface area (Å²) in [7, 11) is 0. The van der Waals surface area contributed by atoms with Crippen LogP contribution in [0.25, 0.3) is 16.7 Å². The molecular formula is C29H28F4. The van der Waals surface area contributed by atoms with Gasteiger partial charge in [-0.05, 0) is 73.6 Å². The summed E-state index contributed by atoms with van der Waals surface area (Å²) in [5, 5.41) is 0. The van der Waals surface area contributed by atoms with E-state index in [2.05, 4.69) is 0 Å². The van der Waals surface area contributed by atoms with Crippen LogP contribution >= 0.6 is 0 Å². The van der Waals surface area contributed by atoms with E-state index >= 15 is 0 Å². The van der Waals surface area contributed by atoms with E-state index in [0.29, 0.717) is 47.4 Å². The Morgan fingerprint density at radius 3 is 2.06 bits per heavy atom. The highest BCUT2D eigenvalue weighted by Crippen LogP contribution is 2.35. The second kappa shape index (κ2) is 9.94. The molecule has 0 bridgehead atoms. The number of halogens is 4. The predicted octanol–water partition coefficient (Wildman–Crippen LogP) is 8.60. The van der Waals surface area contributed by atoms with Crippen molar-refractivity contribution in [3.05, 3.63) is 100 Å². The molecule has 0 radical (unpaired) electrons. The van der Waals surface area contributed by atoms with E-state index in [-0.39, 0.29) is 5.56 Å². The fourth-order valence-electron chi connectivity index (χ4n) is 4.60. The smallest absolute Gasteiger partial charge is 0.166 e. The summed E-state index contributed by atoms with van der Waals surface area (Å²) in [5.74, 6) is -2.82. The molecule has 0 nitrogen and oxygen atoms in total. The van der Waals surface area contributed by atoms with Crippen molar-refractivity contribution in [2.75, 3.05) is 0 Å². The van der Waals surface area contributed by atoms with E-state index in [1.165, 1.54) is 0 Å². The highest BCUT2D eigenvalue weighted by molar-refractivity contribution is 5.67. The van der Waals surface area contributed by atoms with Crippen molar-refractivity contribution in [2.45, 2.75) is 52.4 Å². The Kier molecular flexibility index (Phi) is 7.02. The van der Waals surface area contributed by atoms with Crippen molar-refractivity contribution in [1.29, 1.82) is 0 Å². The Morgan fingerprint density at radius 1 is 0.758 bits per heavy atom. The molecule has 0 saturated heterocycles. The molecule has 1 unspecified atom stereocenters. The zero-order valence-electron chi connectivity index (χ0n) is 19.0. The molecule has 0 saturated carbocycles. The summed E-state index contributed by atoms with van der Waals surface area (Å²) in [5.41, 5.74) is 3.91. The first-order valence-corrected chi connectivity index (χ1v) is 11.6. The molecule has 1 aliphatic rings. The van der Waals surface area contributed by atoms with Crippen LogP contribution in [0.4, 0.5) is 17.6 Å². The van der Waals surface area contributed by atoms with Crippen LogP contribution in [0.1, 0.15) is 54.9 Å². The molecule has 0 N–H and O–H groups in total. The number of rotatable bonds is 6. The maximum atomic E-state index is 14.7. The molecule has 0 spiro atoms. The Morgan fingerprint density at radius 2 is 1.39 bits per heavy atom. The second-order valence-corrected chi connectivity index (χ2v) is 8.93. The fourth-order valence-corrected chi connectivity index (χ4v) is 4.60. The first-order chi connectivity index (χ1) is 15.9. The van der Waals surface area contributed by atoms with Gasteiger partial charge in [-0.25, -0.2) is 17.6 Å². The minimum atomic E-state index is -0.810. The van der Waals surface area contributed by atoms with E-state index in [1.54, 1.807) is 43.3 Å². The molecule has 1 aliphatic carbocycles.